The average Bonchev–Trinajstić information content (AvgIpc) is 3.36. The molecule has 4 heterocycles. The number of aromatic carboxylic acids is 1. The molecule has 0 amide bonds. The number of aromatic hydroxyl groups is 1. The molecule has 1 fully saturated rings. The molecular weight excluding hydrogens is 412 g/mol. The van der Waals surface area contributed by atoms with Crippen LogP contribution in [0.1, 0.15) is 21.7 Å². The van der Waals surface area contributed by atoms with Crippen LogP contribution in [-0.4, -0.2) is 53.7 Å². The van der Waals surface area contributed by atoms with Gasteiger partial charge in [-0.15, -0.1) is 0 Å². The number of carbonyl (C=O) groups is 1. The van der Waals surface area contributed by atoms with E-state index in [9.17, 15) is 15.0 Å². The van der Waals surface area contributed by atoms with Crippen LogP contribution in [-0.2, 0) is 4.74 Å². The minimum Gasteiger partial charge on any atom is -0.504 e. The average molecular weight is 432 g/mol. The normalized spacial score (nSPS) is 16.4. The number of pyridine rings is 1. The number of aromatic nitrogens is 1. The highest BCUT2D eigenvalue weighted by Gasteiger charge is 2.26. The first kappa shape index (κ1) is 19.8. The summed E-state index contributed by atoms with van der Waals surface area (Å²) in [5, 5.41) is 23.1. The fourth-order valence-corrected chi connectivity index (χ4v) is 3.71. The van der Waals surface area contributed by atoms with Crippen LogP contribution >= 0.6 is 0 Å². The van der Waals surface area contributed by atoms with Crippen molar-refractivity contribution in [1.82, 2.24) is 4.98 Å². The Labute approximate surface area is 183 Å². The second kappa shape index (κ2) is 8.20. The van der Waals surface area contributed by atoms with Crippen molar-refractivity contribution in [3.8, 4) is 5.75 Å². The van der Waals surface area contributed by atoms with E-state index in [0.29, 0.717) is 30.3 Å². The molecular formula is C23H20N4O5. The number of rotatable bonds is 5. The molecule has 9 nitrogen and oxygen atoms in total. The molecule has 3 aromatic rings. The van der Waals surface area contributed by atoms with Crippen LogP contribution in [0.5, 0.6) is 5.75 Å². The number of hydrogen-bond donors (Lipinski definition) is 3. The lowest BCUT2D eigenvalue weighted by atomic mass is 10.1. The van der Waals surface area contributed by atoms with Gasteiger partial charge < -0.3 is 29.6 Å². The predicted molar refractivity (Wildman–Crippen MR) is 120 cm³/mol. The maximum atomic E-state index is 11.8. The Balaban J connectivity index is 1.43. The topological polar surface area (TPSA) is 120 Å². The van der Waals surface area contributed by atoms with Gasteiger partial charge in [0, 0.05) is 48.0 Å². The molecule has 9 heteroatoms. The summed E-state index contributed by atoms with van der Waals surface area (Å²) in [4.78, 5) is 22.4. The van der Waals surface area contributed by atoms with Gasteiger partial charge in [0.1, 0.15) is 0 Å². The van der Waals surface area contributed by atoms with Gasteiger partial charge in [-0.3, -0.25) is 0 Å². The summed E-state index contributed by atoms with van der Waals surface area (Å²) in [6, 6.07) is 11.2. The van der Waals surface area contributed by atoms with E-state index in [1.54, 1.807) is 24.6 Å². The van der Waals surface area contributed by atoms with Crippen molar-refractivity contribution < 1.29 is 24.2 Å². The Bertz CT molecular complexity index is 1220. The lowest BCUT2D eigenvalue weighted by Gasteiger charge is -2.28. The summed E-state index contributed by atoms with van der Waals surface area (Å²) >= 11 is 0. The van der Waals surface area contributed by atoms with Gasteiger partial charge in [0.05, 0.1) is 13.2 Å². The molecule has 0 aliphatic carbocycles. The van der Waals surface area contributed by atoms with Crippen molar-refractivity contribution in [2.45, 2.75) is 0 Å². The Morgan fingerprint density at radius 2 is 1.94 bits per heavy atom. The monoisotopic (exact) mass is 432 g/mol. The lowest BCUT2D eigenvalue weighted by Crippen LogP contribution is -2.36. The molecule has 0 bridgehead atoms. The third-order valence-electron chi connectivity index (χ3n) is 5.33. The van der Waals surface area contributed by atoms with Gasteiger partial charge in [-0.25, -0.2) is 14.8 Å². The van der Waals surface area contributed by atoms with Gasteiger partial charge >= 0.3 is 5.97 Å². The first-order chi connectivity index (χ1) is 15.6. The number of allylic oxidation sites excluding steroid dienone is 1. The van der Waals surface area contributed by atoms with Gasteiger partial charge in [-0.2, -0.15) is 0 Å². The summed E-state index contributed by atoms with van der Waals surface area (Å²) in [5.41, 5.74) is 2.78. The molecule has 0 unspecified atom stereocenters. The maximum absolute atomic E-state index is 11.8. The Kier molecular flexibility index (Phi) is 5.08. The summed E-state index contributed by atoms with van der Waals surface area (Å²) in [6.45, 7) is 3.03. The van der Waals surface area contributed by atoms with E-state index < -0.39 is 11.7 Å². The first-order valence-corrected chi connectivity index (χ1v) is 10.1. The van der Waals surface area contributed by atoms with Gasteiger partial charge in [0.15, 0.2) is 22.9 Å². The summed E-state index contributed by atoms with van der Waals surface area (Å²) in [6.07, 6.45) is 4.78. The minimum absolute atomic E-state index is 0.0213. The number of hydrogen-bond acceptors (Lipinski definition) is 8. The zero-order valence-electron chi connectivity index (χ0n) is 17.0. The number of ether oxygens (including phenoxy) is 1. The number of anilines is 3. The Morgan fingerprint density at radius 3 is 2.69 bits per heavy atom. The molecule has 0 atom stereocenters. The van der Waals surface area contributed by atoms with Crippen molar-refractivity contribution in [2.75, 3.05) is 36.5 Å². The molecule has 1 aromatic carbocycles. The SMILES string of the molecule is O=C(O)c1c(Nc2ccc(N3CCOCC3)cc2)oc(C=C2C=Nc3ncccc32)c1O. The van der Waals surface area contributed by atoms with Crippen molar-refractivity contribution in [2.24, 2.45) is 4.99 Å². The smallest absolute Gasteiger partial charge is 0.345 e. The third kappa shape index (κ3) is 3.69. The van der Waals surface area contributed by atoms with Crippen LogP contribution in [0.15, 0.2) is 52.0 Å². The van der Waals surface area contributed by atoms with Crippen molar-refractivity contribution in [1.29, 1.82) is 0 Å². The first-order valence-electron chi connectivity index (χ1n) is 10.1. The van der Waals surface area contributed by atoms with E-state index in [-0.39, 0.29) is 17.2 Å². The van der Waals surface area contributed by atoms with Crippen molar-refractivity contribution >= 4 is 46.9 Å². The van der Waals surface area contributed by atoms with Crippen LogP contribution in [0.3, 0.4) is 0 Å². The zero-order valence-corrected chi connectivity index (χ0v) is 17.0. The number of fused-ring (bicyclic) bond motifs is 1. The molecule has 3 N–H and O–H groups in total. The van der Waals surface area contributed by atoms with Gasteiger partial charge in [-0.05, 0) is 42.5 Å². The summed E-state index contributed by atoms with van der Waals surface area (Å²) in [5.74, 6) is -1.23. The standard InChI is InChI=1S/C23H20N4O5/c28-20-18(12-14-13-25-21-17(14)2-1-7-24-21)32-22(19(20)23(29)30)26-15-3-5-16(6-4-15)27-8-10-31-11-9-27/h1-7,12-13,26,28H,8-11H2,(H,29,30). The molecule has 2 aliphatic rings. The second-order valence-corrected chi connectivity index (χ2v) is 7.33. The molecule has 2 aliphatic heterocycles. The fraction of sp³-hybridized carbons (Fsp3) is 0.174. The number of furan rings is 1. The van der Waals surface area contributed by atoms with E-state index >= 15 is 0 Å². The van der Waals surface area contributed by atoms with Gasteiger partial charge in [0.25, 0.3) is 0 Å². The number of carboxylic acid groups (broad SMARTS) is 1. The maximum Gasteiger partial charge on any atom is 0.345 e. The molecule has 0 spiro atoms. The highest BCUT2D eigenvalue weighted by molar-refractivity contribution is 6.21. The molecule has 162 valence electrons. The minimum atomic E-state index is -1.30. The summed E-state index contributed by atoms with van der Waals surface area (Å²) in [7, 11) is 0. The van der Waals surface area contributed by atoms with Crippen LogP contribution < -0.4 is 10.2 Å². The van der Waals surface area contributed by atoms with Crippen LogP contribution in [0.4, 0.5) is 23.1 Å². The van der Waals surface area contributed by atoms with Crippen LogP contribution in [0.2, 0.25) is 0 Å². The largest absolute Gasteiger partial charge is 0.504 e. The van der Waals surface area contributed by atoms with Gasteiger partial charge in [-0.1, -0.05) is 0 Å². The van der Waals surface area contributed by atoms with E-state index in [1.807, 2.05) is 30.3 Å². The molecule has 2 aromatic heterocycles. The third-order valence-corrected chi connectivity index (χ3v) is 5.33. The number of benzene rings is 1. The van der Waals surface area contributed by atoms with E-state index in [0.717, 1.165) is 24.3 Å². The number of aliphatic imine (C=N–C) groups is 1. The number of nitrogens with one attached hydrogen (secondary N) is 1. The highest BCUT2D eigenvalue weighted by Crippen LogP contribution is 2.39. The predicted octanol–water partition coefficient (Wildman–Crippen LogP) is 3.92. The number of nitrogens with zero attached hydrogens (tertiary/aromatic N) is 3. The number of morpholine rings is 1. The van der Waals surface area contributed by atoms with E-state index in [2.05, 4.69) is 20.2 Å². The van der Waals surface area contributed by atoms with Crippen molar-refractivity contribution in [3.05, 3.63) is 59.5 Å². The molecule has 0 radical (unpaired) electrons. The molecule has 32 heavy (non-hydrogen) atoms. The summed E-state index contributed by atoms with van der Waals surface area (Å²) < 4.78 is 11.1. The molecule has 1 saturated heterocycles. The fourth-order valence-electron chi connectivity index (χ4n) is 3.71. The lowest BCUT2D eigenvalue weighted by molar-refractivity contribution is 0.0695. The van der Waals surface area contributed by atoms with Crippen LogP contribution in [0, 0.1) is 0 Å². The molecule has 0 saturated carbocycles. The Morgan fingerprint density at radius 1 is 1.16 bits per heavy atom. The quantitative estimate of drug-likeness (QED) is 0.555. The van der Waals surface area contributed by atoms with Gasteiger partial charge in [0.2, 0.25) is 5.88 Å². The zero-order chi connectivity index (χ0) is 22.1. The van der Waals surface area contributed by atoms with E-state index in [4.69, 9.17) is 9.15 Å². The second-order valence-electron chi connectivity index (χ2n) is 7.33. The van der Waals surface area contributed by atoms with Crippen molar-refractivity contribution in [3.63, 3.8) is 0 Å². The molecule has 5 rings (SSSR count). The Hall–Kier alpha value is -4.11. The highest BCUT2D eigenvalue weighted by atomic mass is 16.5. The van der Waals surface area contributed by atoms with Crippen LogP contribution in [0.25, 0.3) is 11.6 Å². The number of carboxylic acids is 1. The van der Waals surface area contributed by atoms with E-state index in [1.165, 1.54) is 0 Å².